The zero-order chi connectivity index (χ0) is 17.5. The maximum Gasteiger partial charge on any atom is 0.259 e. The van der Waals surface area contributed by atoms with Gasteiger partial charge in [-0.25, -0.2) is 4.98 Å². The first-order valence-electron chi connectivity index (χ1n) is 8.21. The Morgan fingerprint density at radius 3 is 2.58 bits per heavy atom. The van der Waals surface area contributed by atoms with Gasteiger partial charge in [-0.2, -0.15) is 0 Å². The Morgan fingerprint density at radius 1 is 1.29 bits per heavy atom. The van der Waals surface area contributed by atoms with E-state index in [1.165, 1.54) is 0 Å². The van der Waals surface area contributed by atoms with Crippen molar-refractivity contribution in [2.45, 2.75) is 27.2 Å². The maximum atomic E-state index is 12.8. The molecule has 24 heavy (non-hydrogen) atoms. The number of hydrogen-bond donors (Lipinski definition) is 1. The van der Waals surface area contributed by atoms with E-state index in [0.29, 0.717) is 23.0 Å². The molecule has 0 fully saturated rings. The Balaban J connectivity index is 2.76. The van der Waals surface area contributed by atoms with Crippen molar-refractivity contribution in [2.75, 3.05) is 0 Å². The molecule has 0 atom stereocenters. The first-order valence-corrected chi connectivity index (χ1v) is 8.21. The molecule has 0 radical (unpaired) electrons. The van der Waals surface area contributed by atoms with Gasteiger partial charge in [0.05, 0.1) is 11.3 Å². The molecule has 3 heteroatoms. The summed E-state index contributed by atoms with van der Waals surface area (Å²) in [6.45, 7) is 9.94. The third-order valence-corrected chi connectivity index (χ3v) is 3.55. The minimum Gasteiger partial charge on any atom is -0.310 e. The summed E-state index contributed by atoms with van der Waals surface area (Å²) in [4.78, 5) is 20.5. The van der Waals surface area contributed by atoms with Crippen molar-refractivity contribution in [1.82, 2.24) is 9.97 Å². The molecule has 0 amide bonds. The summed E-state index contributed by atoms with van der Waals surface area (Å²) in [5.74, 6) is 1.13. The van der Waals surface area contributed by atoms with E-state index in [1.807, 2.05) is 55.5 Å². The number of aromatic amines is 1. The Hall–Kier alpha value is -2.68. The highest BCUT2D eigenvalue weighted by Crippen LogP contribution is 2.25. The molecular formula is C21H24N2O. The Kier molecular flexibility index (Phi) is 6.07. The fourth-order valence-corrected chi connectivity index (χ4v) is 2.60. The van der Waals surface area contributed by atoms with E-state index >= 15 is 0 Å². The second-order valence-electron chi connectivity index (χ2n) is 6.06. The summed E-state index contributed by atoms with van der Waals surface area (Å²) in [5.41, 5.74) is 2.91. The van der Waals surface area contributed by atoms with E-state index in [4.69, 9.17) is 4.98 Å². The zero-order valence-corrected chi connectivity index (χ0v) is 14.5. The van der Waals surface area contributed by atoms with Crippen LogP contribution < -0.4 is 5.56 Å². The van der Waals surface area contributed by atoms with Crippen molar-refractivity contribution in [3.05, 3.63) is 83.1 Å². The maximum absolute atomic E-state index is 12.8. The summed E-state index contributed by atoms with van der Waals surface area (Å²) < 4.78 is 0. The number of nitrogens with zero attached hydrogens (tertiary/aromatic N) is 1. The molecule has 1 aromatic carbocycles. The topological polar surface area (TPSA) is 45.8 Å². The Labute approximate surface area is 143 Å². The molecule has 3 nitrogen and oxygen atoms in total. The van der Waals surface area contributed by atoms with Crippen molar-refractivity contribution in [3.63, 3.8) is 0 Å². The third kappa shape index (κ3) is 4.19. The van der Waals surface area contributed by atoms with E-state index < -0.39 is 0 Å². The Bertz CT molecular complexity index is 811. The van der Waals surface area contributed by atoms with Gasteiger partial charge in [0.15, 0.2) is 0 Å². The monoisotopic (exact) mass is 320 g/mol. The van der Waals surface area contributed by atoms with Gasteiger partial charge in [0, 0.05) is 12.0 Å². The molecule has 0 aliphatic rings. The van der Waals surface area contributed by atoms with Crippen LogP contribution in [0, 0.1) is 5.92 Å². The third-order valence-electron chi connectivity index (χ3n) is 3.55. The second-order valence-corrected chi connectivity index (χ2v) is 6.06. The minimum atomic E-state index is -0.110. The van der Waals surface area contributed by atoms with E-state index in [2.05, 4.69) is 25.4 Å². The summed E-state index contributed by atoms with van der Waals surface area (Å²) in [7, 11) is 0. The van der Waals surface area contributed by atoms with Gasteiger partial charge in [0.25, 0.3) is 5.56 Å². The number of nitrogens with one attached hydrogen (secondary N) is 1. The van der Waals surface area contributed by atoms with Gasteiger partial charge in [-0.1, -0.05) is 75.1 Å². The smallest absolute Gasteiger partial charge is 0.259 e. The molecule has 2 rings (SSSR count). The molecular weight excluding hydrogens is 296 g/mol. The van der Waals surface area contributed by atoms with Crippen LogP contribution in [-0.2, 0) is 6.42 Å². The van der Waals surface area contributed by atoms with Gasteiger partial charge in [-0.05, 0) is 18.4 Å². The molecule has 1 aromatic heterocycles. The standard InChI is InChI=1S/C21H24N2O/c1-5-10-17(11-6-2)20-19(16-12-8-7-9-13-16)21(24)23-18(22-20)14-15(3)4/h5-13,15H,1,14H2,2-4H3,(H,22,23,24)/b11-6-,17-10+. The first kappa shape index (κ1) is 17.7. The fraction of sp³-hybridized carbons (Fsp3) is 0.238. The molecule has 0 aliphatic carbocycles. The highest BCUT2D eigenvalue weighted by Gasteiger charge is 2.16. The van der Waals surface area contributed by atoms with Crippen LogP contribution in [0.25, 0.3) is 16.7 Å². The van der Waals surface area contributed by atoms with E-state index in [-0.39, 0.29) is 5.56 Å². The van der Waals surface area contributed by atoms with E-state index in [0.717, 1.165) is 17.6 Å². The lowest BCUT2D eigenvalue weighted by Crippen LogP contribution is -2.18. The summed E-state index contributed by atoms with van der Waals surface area (Å²) in [6.07, 6.45) is 8.22. The largest absolute Gasteiger partial charge is 0.310 e. The summed E-state index contributed by atoms with van der Waals surface area (Å²) >= 11 is 0. The first-order chi connectivity index (χ1) is 11.6. The quantitative estimate of drug-likeness (QED) is 0.778. The number of allylic oxidation sites excluding steroid dienone is 5. The van der Waals surface area contributed by atoms with Crippen LogP contribution in [-0.4, -0.2) is 9.97 Å². The van der Waals surface area contributed by atoms with Gasteiger partial charge < -0.3 is 4.98 Å². The molecule has 0 saturated heterocycles. The van der Waals surface area contributed by atoms with Crippen molar-refractivity contribution >= 4 is 5.57 Å². The van der Waals surface area contributed by atoms with Gasteiger partial charge in [0.1, 0.15) is 5.82 Å². The number of aromatic nitrogens is 2. The molecule has 0 bridgehead atoms. The van der Waals surface area contributed by atoms with Gasteiger partial charge in [-0.3, -0.25) is 4.79 Å². The molecule has 124 valence electrons. The van der Waals surface area contributed by atoms with Gasteiger partial charge in [-0.15, -0.1) is 0 Å². The predicted octanol–water partition coefficient (Wildman–Crippen LogP) is 4.78. The highest BCUT2D eigenvalue weighted by atomic mass is 16.1. The van der Waals surface area contributed by atoms with Crippen LogP contribution in [0.5, 0.6) is 0 Å². The summed E-state index contributed by atoms with van der Waals surface area (Å²) in [6, 6.07) is 9.64. The van der Waals surface area contributed by atoms with Crippen LogP contribution >= 0.6 is 0 Å². The Morgan fingerprint density at radius 2 is 2.00 bits per heavy atom. The van der Waals surface area contributed by atoms with Crippen molar-refractivity contribution in [2.24, 2.45) is 5.92 Å². The molecule has 0 spiro atoms. The van der Waals surface area contributed by atoms with Crippen LogP contribution in [0.2, 0.25) is 0 Å². The predicted molar refractivity (Wildman–Crippen MR) is 102 cm³/mol. The highest BCUT2D eigenvalue weighted by molar-refractivity contribution is 5.83. The SMILES string of the molecule is C=C/C=C(\C=C/C)c1nc(CC(C)C)[nH]c(=O)c1-c1ccccc1. The van der Waals surface area contributed by atoms with Crippen LogP contribution in [0.1, 0.15) is 32.3 Å². The molecule has 2 aromatic rings. The fourth-order valence-electron chi connectivity index (χ4n) is 2.60. The van der Waals surface area contributed by atoms with Crippen molar-refractivity contribution in [1.29, 1.82) is 0 Å². The number of hydrogen-bond acceptors (Lipinski definition) is 2. The number of H-pyrrole nitrogens is 1. The average Bonchev–Trinajstić information content (AvgIpc) is 2.54. The van der Waals surface area contributed by atoms with Gasteiger partial charge in [0.2, 0.25) is 0 Å². The van der Waals surface area contributed by atoms with E-state index in [9.17, 15) is 4.79 Å². The minimum absolute atomic E-state index is 0.110. The van der Waals surface area contributed by atoms with Gasteiger partial charge >= 0.3 is 0 Å². The number of rotatable bonds is 6. The molecule has 0 unspecified atom stereocenters. The van der Waals surface area contributed by atoms with Crippen molar-refractivity contribution in [3.8, 4) is 11.1 Å². The molecule has 1 N–H and O–H groups in total. The zero-order valence-electron chi connectivity index (χ0n) is 14.5. The van der Waals surface area contributed by atoms with E-state index in [1.54, 1.807) is 6.08 Å². The lowest BCUT2D eigenvalue weighted by atomic mass is 9.99. The van der Waals surface area contributed by atoms with Crippen LogP contribution in [0.15, 0.2) is 66.0 Å². The molecule has 1 heterocycles. The average molecular weight is 320 g/mol. The van der Waals surface area contributed by atoms with Crippen LogP contribution in [0.3, 0.4) is 0 Å². The molecule has 0 saturated carbocycles. The summed E-state index contributed by atoms with van der Waals surface area (Å²) in [5, 5.41) is 0. The lowest BCUT2D eigenvalue weighted by molar-refractivity contribution is 0.618. The molecule has 0 aliphatic heterocycles. The second kappa shape index (κ2) is 8.25. The van der Waals surface area contributed by atoms with Crippen molar-refractivity contribution < 1.29 is 0 Å². The number of benzene rings is 1. The lowest BCUT2D eigenvalue weighted by Gasteiger charge is -2.12. The van der Waals surface area contributed by atoms with Crippen LogP contribution in [0.4, 0.5) is 0 Å². The normalized spacial score (nSPS) is 12.1.